The van der Waals surface area contributed by atoms with Gasteiger partial charge in [-0.15, -0.1) is 0 Å². The molecule has 0 spiro atoms. The summed E-state index contributed by atoms with van der Waals surface area (Å²) in [4.78, 5) is 0. The molecule has 0 aromatic heterocycles. The van der Waals surface area contributed by atoms with Gasteiger partial charge < -0.3 is 9.66 Å². The first-order chi connectivity index (χ1) is 12.4. The second kappa shape index (κ2) is 20.8. The summed E-state index contributed by atoms with van der Waals surface area (Å²) >= 11 is 0. The fourth-order valence-corrected chi connectivity index (χ4v) is 4.36. The summed E-state index contributed by atoms with van der Waals surface area (Å²) in [6, 6.07) is 0. The molecule has 0 saturated heterocycles. The zero-order chi connectivity index (χ0) is 19.7. The molecule has 2 atom stereocenters. The van der Waals surface area contributed by atoms with Crippen molar-refractivity contribution in [3.63, 3.8) is 0 Å². The molecule has 0 saturated carbocycles. The van der Waals surface area contributed by atoms with E-state index in [1.54, 1.807) is 0 Å². The van der Waals surface area contributed by atoms with Gasteiger partial charge in [0.05, 0.1) is 16.2 Å². The van der Waals surface area contributed by atoms with Crippen molar-refractivity contribution in [2.24, 2.45) is 0 Å². The van der Waals surface area contributed by atoms with E-state index >= 15 is 0 Å². The van der Waals surface area contributed by atoms with E-state index in [-0.39, 0.29) is 57.5 Å². The van der Waals surface area contributed by atoms with Crippen molar-refractivity contribution in [3.8, 4) is 0 Å². The Balaban J connectivity index is 0. The number of hydrogen-bond donors (Lipinski definition) is 1. The molecule has 0 amide bonds. The molecule has 0 heterocycles. The third-order valence-electron chi connectivity index (χ3n) is 5.24. The minimum Gasteiger partial charge on any atom is -0.748 e. The van der Waals surface area contributed by atoms with Crippen LogP contribution in [0.5, 0.6) is 0 Å². The van der Waals surface area contributed by atoms with Crippen molar-refractivity contribution in [1.82, 2.24) is 0 Å². The van der Waals surface area contributed by atoms with Gasteiger partial charge in [0.2, 0.25) is 0 Å². The molecule has 0 aliphatic carbocycles. The van der Waals surface area contributed by atoms with Crippen molar-refractivity contribution >= 4 is 10.1 Å². The molecule has 0 aromatic carbocycles. The first-order valence-electron chi connectivity index (χ1n) is 11.0. The zero-order valence-electron chi connectivity index (χ0n) is 18.3. The maximum absolute atomic E-state index is 11.3. The van der Waals surface area contributed by atoms with Crippen molar-refractivity contribution in [3.05, 3.63) is 0 Å². The van der Waals surface area contributed by atoms with E-state index in [0.717, 1.165) is 51.4 Å². The number of rotatable bonds is 19. The van der Waals surface area contributed by atoms with E-state index in [4.69, 9.17) is 0 Å². The summed E-state index contributed by atoms with van der Waals surface area (Å²) < 4.78 is 33.8. The third kappa shape index (κ3) is 20.6. The number of hydrogen-bond acceptors (Lipinski definition) is 4. The third-order valence-corrected chi connectivity index (χ3v) is 6.53. The quantitative estimate of drug-likeness (QED) is 0.194. The molecule has 0 aliphatic heterocycles. The Morgan fingerprint density at radius 1 is 0.667 bits per heavy atom. The zero-order valence-corrected chi connectivity index (χ0v) is 22.2. The van der Waals surface area contributed by atoms with Gasteiger partial charge in [-0.3, -0.25) is 0 Å². The summed E-state index contributed by atoms with van der Waals surface area (Å²) in [5.41, 5.74) is 0. The Kier molecular flexibility index (Phi) is 23.6. The van der Waals surface area contributed by atoms with Crippen LogP contribution in [0.3, 0.4) is 0 Å². The molecular formula is C21H43KO4S. The molecule has 27 heavy (non-hydrogen) atoms. The first kappa shape index (κ1) is 30.7. The van der Waals surface area contributed by atoms with E-state index in [1.165, 1.54) is 44.9 Å². The van der Waals surface area contributed by atoms with Crippen LogP contribution < -0.4 is 51.4 Å². The summed E-state index contributed by atoms with van der Waals surface area (Å²) in [5.74, 6) is 0. The van der Waals surface area contributed by atoms with Gasteiger partial charge in [0, 0.05) is 5.25 Å². The molecule has 158 valence electrons. The fourth-order valence-electron chi connectivity index (χ4n) is 3.45. The molecular weight excluding hydrogens is 387 g/mol. The average Bonchev–Trinajstić information content (AvgIpc) is 2.58. The van der Waals surface area contributed by atoms with Crippen LogP contribution in [-0.4, -0.2) is 29.4 Å². The van der Waals surface area contributed by atoms with Gasteiger partial charge >= 0.3 is 51.4 Å². The second-order valence-corrected chi connectivity index (χ2v) is 9.46. The van der Waals surface area contributed by atoms with Crippen molar-refractivity contribution < 1.29 is 69.5 Å². The van der Waals surface area contributed by atoms with Gasteiger partial charge in [0.25, 0.3) is 0 Å². The van der Waals surface area contributed by atoms with Crippen LogP contribution in [0.1, 0.15) is 123 Å². The maximum Gasteiger partial charge on any atom is 1.00 e. The van der Waals surface area contributed by atoms with Gasteiger partial charge in [-0.05, 0) is 25.7 Å². The molecule has 1 N–H and O–H groups in total. The summed E-state index contributed by atoms with van der Waals surface area (Å²) in [6.45, 7) is 4.24. The number of unbranched alkanes of at least 4 members (excludes halogenated alkanes) is 10. The van der Waals surface area contributed by atoms with Gasteiger partial charge in [0.1, 0.15) is 0 Å². The number of aliphatic hydroxyl groups is 1. The van der Waals surface area contributed by atoms with E-state index < -0.39 is 15.4 Å². The smallest absolute Gasteiger partial charge is 0.748 e. The SMILES string of the molecule is CCCCCCCCCCC(O)CCCCCC(CCCC)S(=O)(=O)[O-].[K+]. The molecule has 2 unspecified atom stereocenters. The molecule has 0 rings (SSSR count). The Hall–Kier alpha value is 1.51. The van der Waals surface area contributed by atoms with E-state index in [9.17, 15) is 18.1 Å². The van der Waals surface area contributed by atoms with E-state index in [1.807, 2.05) is 6.92 Å². The molecule has 0 aliphatic rings. The summed E-state index contributed by atoms with van der Waals surface area (Å²) in [6.07, 6.45) is 16.9. The van der Waals surface area contributed by atoms with Gasteiger partial charge in [-0.25, -0.2) is 8.42 Å². The Bertz CT molecular complexity index is 401. The van der Waals surface area contributed by atoms with Crippen molar-refractivity contribution in [2.45, 2.75) is 134 Å². The van der Waals surface area contributed by atoms with Crippen LogP contribution >= 0.6 is 0 Å². The van der Waals surface area contributed by atoms with E-state index in [0.29, 0.717) is 12.8 Å². The summed E-state index contributed by atoms with van der Waals surface area (Å²) in [5, 5.41) is 9.31. The minimum atomic E-state index is -4.17. The van der Waals surface area contributed by atoms with Crippen LogP contribution in [0, 0.1) is 0 Å². The Labute approximate surface area is 211 Å². The first-order valence-corrected chi connectivity index (χ1v) is 12.5. The Morgan fingerprint density at radius 2 is 1.04 bits per heavy atom. The van der Waals surface area contributed by atoms with Crippen molar-refractivity contribution in [2.75, 3.05) is 0 Å². The van der Waals surface area contributed by atoms with Gasteiger partial charge in [0.15, 0.2) is 0 Å². The van der Waals surface area contributed by atoms with Crippen LogP contribution in [0.4, 0.5) is 0 Å². The molecule has 0 bridgehead atoms. The van der Waals surface area contributed by atoms with E-state index in [2.05, 4.69) is 6.92 Å². The largest absolute Gasteiger partial charge is 1.00 e. The average molecular weight is 431 g/mol. The molecule has 4 nitrogen and oxygen atoms in total. The minimum absolute atomic E-state index is 0. The number of aliphatic hydroxyl groups excluding tert-OH is 1. The normalized spacial score (nSPS) is 13.9. The standard InChI is InChI=1S/C21H44O4S.K/c1-3-5-7-8-9-10-11-13-16-20(22)17-14-12-15-19-21(18-6-4-2)26(23,24)25;/h20-22H,3-19H2,1-2H3,(H,23,24,25);/q;+1/p-1. The van der Waals surface area contributed by atoms with Gasteiger partial charge in [-0.2, -0.15) is 0 Å². The van der Waals surface area contributed by atoms with Crippen LogP contribution in [0.2, 0.25) is 0 Å². The van der Waals surface area contributed by atoms with Crippen LogP contribution in [0.25, 0.3) is 0 Å². The topological polar surface area (TPSA) is 77.4 Å². The van der Waals surface area contributed by atoms with Crippen LogP contribution in [0.15, 0.2) is 0 Å². The Morgan fingerprint density at radius 3 is 1.52 bits per heavy atom. The predicted octanol–water partition coefficient (Wildman–Crippen LogP) is 2.94. The molecule has 0 fully saturated rings. The van der Waals surface area contributed by atoms with Gasteiger partial charge in [-0.1, -0.05) is 97.3 Å². The summed E-state index contributed by atoms with van der Waals surface area (Å²) in [7, 11) is -4.17. The second-order valence-electron chi connectivity index (χ2n) is 7.81. The monoisotopic (exact) mass is 430 g/mol. The predicted molar refractivity (Wildman–Crippen MR) is 109 cm³/mol. The van der Waals surface area contributed by atoms with Crippen LogP contribution in [-0.2, 0) is 10.1 Å². The molecule has 0 aromatic rings. The molecule has 6 heteroatoms. The fraction of sp³-hybridized carbons (Fsp3) is 1.00. The maximum atomic E-state index is 11.3. The molecule has 0 radical (unpaired) electrons. The van der Waals surface area contributed by atoms with Crippen molar-refractivity contribution in [1.29, 1.82) is 0 Å².